The molecule has 2 aromatic rings. The van der Waals surface area contributed by atoms with Gasteiger partial charge in [0.1, 0.15) is 0 Å². The first-order chi connectivity index (χ1) is 9.06. The first-order valence-corrected chi connectivity index (χ1v) is 5.61. The van der Waals surface area contributed by atoms with E-state index in [9.17, 15) is 10.1 Å². The van der Waals surface area contributed by atoms with Gasteiger partial charge in [0, 0.05) is 18.3 Å². The van der Waals surface area contributed by atoms with Gasteiger partial charge < -0.3 is 11.1 Å². The number of aryl methyl sites for hydroxylation is 1. The maximum atomic E-state index is 10.6. The number of anilines is 2. The van der Waals surface area contributed by atoms with E-state index in [1.807, 2.05) is 6.92 Å². The summed E-state index contributed by atoms with van der Waals surface area (Å²) >= 11 is 0. The van der Waals surface area contributed by atoms with Gasteiger partial charge in [0.15, 0.2) is 0 Å². The van der Waals surface area contributed by atoms with Gasteiger partial charge in [-0.15, -0.1) is 0 Å². The molecule has 7 nitrogen and oxygen atoms in total. The van der Waals surface area contributed by atoms with Gasteiger partial charge in [-0.05, 0) is 13.0 Å². The van der Waals surface area contributed by atoms with Crippen LogP contribution < -0.4 is 11.1 Å². The lowest BCUT2D eigenvalue weighted by molar-refractivity contribution is -0.384. The van der Waals surface area contributed by atoms with Crippen molar-refractivity contribution in [1.29, 1.82) is 0 Å². The van der Waals surface area contributed by atoms with Crippen LogP contribution in [-0.2, 0) is 6.54 Å². The molecule has 0 aliphatic heterocycles. The van der Waals surface area contributed by atoms with Crippen molar-refractivity contribution in [2.45, 2.75) is 13.5 Å². The van der Waals surface area contributed by atoms with Crippen molar-refractivity contribution in [2.24, 2.45) is 0 Å². The molecule has 0 unspecified atom stereocenters. The molecule has 0 fully saturated rings. The number of hydrogen-bond acceptors (Lipinski definition) is 6. The van der Waals surface area contributed by atoms with E-state index in [4.69, 9.17) is 5.73 Å². The number of rotatable bonds is 4. The van der Waals surface area contributed by atoms with Crippen LogP contribution in [0.15, 0.2) is 30.6 Å². The first kappa shape index (κ1) is 12.7. The van der Waals surface area contributed by atoms with Crippen molar-refractivity contribution in [3.8, 4) is 0 Å². The lowest BCUT2D eigenvalue weighted by atomic mass is 10.2. The number of nitrogens with one attached hydrogen (secondary N) is 1. The highest BCUT2D eigenvalue weighted by Gasteiger charge is 2.08. The highest BCUT2D eigenvalue weighted by atomic mass is 16.6. The molecule has 0 saturated carbocycles. The van der Waals surface area contributed by atoms with Crippen LogP contribution in [0, 0.1) is 17.0 Å². The van der Waals surface area contributed by atoms with Crippen LogP contribution >= 0.6 is 0 Å². The van der Waals surface area contributed by atoms with Crippen LogP contribution in [0.3, 0.4) is 0 Å². The molecule has 2 rings (SSSR count). The Morgan fingerprint density at radius 2 is 2.16 bits per heavy atom. The summed E-state index contributed by atoms with van der Waals surface area (Å²) in [6, 6.07) is 4.30. The van der Waals surface area contributed by atoms with Crippen molar-refractivity contribution < 1.29 is 4.92 Å². The van der Waals surface area contributed by atoms with Crippen LogP contribution in [0.25, 0.3) is 0 Å². The number of nitro groups is 1. The predicted octanol–water partition coefficient (Wildman–Crippen LogP) is 1.89. The van der Waals surface area contributed by atoms with Crippen molar-refractivity contribution in [1.82, 2.24) is 9.97 Å². The van der Waals surface area contributed by atoms with E-state index in [0.717, 1.165) is 11.4 Å². The fourth-order valence-electron chi connectivity index (χ4n) is 1.52. The molecule has 0 aliphatic carbocycles. The Morgan fingerprint density at radius 3 is 2.74 bits per heavy atom. The molecule has 3 N–H and O–H groups in total. The number of benzene rings is 1. The highest BCUT2D eigenvalue weighted by Crippen LogP contribution is 2.24. The van der Waals surface area contributed by atoms with Gasteiger partial charge >= 0.3 is 0 Å². The summed E-state index contributed by atoms with van der Waals surface area (Å²) in [5.74, 6) is 0. The average molecular weight is 259 g/mol. The molecule has 0 bridgehead atoms. The van der Waals surface area contributed by atoms with E-state index >= 15 is 0 Å². The lowest BCUT2D eigenvalue weighted by Gasteiger charge is -2.08. The van der Waals surface area contributed by atoms with E-state index in [0.29, 0.717) is 17.9 Å². The van der Waals surface area contributed by atoms with Crippen molar-refractivity contribution in [3.05, 3.63) is 52.1 Å². The second-order valence-corrected chi connectivity index (χ2v) is 4.03. The molecule has 0 spiro atoms. The summed E-state index contributed by atoms with van der Waals surface area (Å²) < 4.78 is 0. The number of aromatic nitrogens is 2. The zero-order valence-corrected chi connectivity index (χ0v) is 10.3. The van der Waals surface area contributed by atoms with Crippen LogP contribution in [0.4, 0.5) is 17.1 Å². The van der Waals surface area contributed by atoms with E-state index in [2.05, 4.69) is 15.3 Å². The average Bonchev–Trinajstić information content (AvgIpc) is 2.39. The molecular weight excluding hydrogens is 246 g/mol. The fourth-order valence-corrected chi connectivity index (χ4v) is 1.52. The minimum Gasteiger partial charge on any atom is -0.397 e. The Kier molecular flexibility index (Phi) is 3.56. The Hall–Kier alpha value is -2.70. The molecule has 98 valence electrons. The molecule has 19 heavy (non-hydrogen) atoms. The number of nitrogens with zero attached hydrogens (tertiary/aromatic N) is 3. The molecule has 0 radical (unpaired) electrons. The number of nitro benzene ring substituents is 1. The third-order valence-electron chi connectivity index (χ3n) is 2.54. The quantitative estimate of drug-likeness (QED) is 0.493. The molecule has 1 aromatic heterocycles. The molecule has 0 amide bonds. The monoisotopic (exact) mass is 259 g/mol. The molecule has 7 heteroatoms. The van der Waals surface area contributed by atoms with Crippen LogP contribution in [-0.4, -0.2) is 14.9 Å². The summed E-state index contributed by atoms with van der Waals surface area (Å²) in [4.78, 5) is 18.4. The van der Waals surface area contributed by atoms with E-state index in [1.54, 1.807) is 18.5 Å². The topological polar surface area (TPSA) is 107 Å². The normalized spacial score (nSPS) is 10.2. The molecule has 0 saturated heterocycles. The summed E-state index contributed by atoms with van der Waals surface area (Å²) in [5.41, 5.74) is 8.29. The maximum Gasteiger partial charge on any atom is 0.271 e. The molecular formula is C12H13N5O2. The number of hydrogen-bond donors (Lipinski definition) is 2. The number of nitrogen functional groups attached to an aromatic ring is 1. The van der Waals surface area contributed by atoms with E-state index in [1.165, 1.54) is 12.1 Å². The summed E-state index contributed by atoms with van der Waals surface area (Å²) in [6.07, 6.45) is 3.35. The van der Waals surface area contributed by atoms with E-state index < -0.39 is 4.92 Å². The Labute approximate surface area is 109 Å². The largest absolute Gasteiger partial charge is 0.397 e. The second-order valence-electron chi connectivity index (χ2n) is 4.03. The third kappa shape index (κ3) is 3.15. The highest BCUT2D eigenvalue weighted by molar-refractivity contribution is 5.69. The van der Waals surface area contributed by atoms with Gasteiger partial charge in [0.05, 0.1) is 40.4 Å². The minimum atomic E-state index is -0.481. The second kappa shape index (κ2) is 5.30. The summed E-state index contributed by atoms with van der Waals surface area (Å²) in [5, 5.41) is 13.7. The van der Waals surface area contributed by atoms with Gasteiger partial charge in [-0.25, -0.2) is 0 Å². The Balaban J connectivity index is 2.07. The standard InChI is InChI=1S/C12H13N5O2/c1-8-5-15-9(6-14-8)7-16-12-3-2-10(17(18)19)4-11(12)13/h2-6,16H,7,13H2,1H3. The Bertz CT molecular complexity index is 598. The molecule has 0 atom stereocenters. The smallest absolute Gasteiger partial charge is 0.271 e. The van der Waals surface area contributed by atoms with Crippen molar-refractivity contribution in [2.75, 3.05) is 11.1 Å². The van der Waals surface area contributed by atoms with Crippen LogP contribution in [0.2, 0.25) is 0 Å². The van der Waals surface area contributed by atoms with Gasteiger partial charge in [-0.3, -0.25) is 20.1 Å². The van der Waals surface area contributed by atoms with Crippen LogP contribution in [0.1, 0.15) is 11.4 Å². The number of non-ortho nitro benzene ring substituents is 1. The van der Waals surface area contributed by atoms with Gasteiger partial charge in [0.2, 0.25) is 0 Å². The zero-order chi connectivity index (χ0) is 13.8. The molecule has 1 aromatic carbocycles. The fraction of sp³-hybridized carbons (Fsp3) is 0.167. The first-order valence-electron chi connectivity index (χ1n) is 5.61. The molecule has 0 aliphatic rings. The van der Waals surface area contributed by atoms with E-state index in [-0.39, 0.29) is 5.69 Å². The Morgan fingerprint density at radius 1 is 1.37 bits per heavy atom. The SMILES string of the molecule is Cc1cnc(CNc2ccc([N+](=O)[O-])cc2N)cn1. The maximum absolute atomic E-state index is 10.6. The van der Waals surface area contributed by atoms with Crippen molar-refractivity contribution in [3.63, 3.8) is 0 Å². The summed E-state index contributed by atoms with van der Waals surface area (Å²) in [6.45, 7) is 2.31. The van der Waals surface area contributed by atoms with Gasteiger partial charge in [-0.2, -0.15) is 0 Å². The third-order valence-corrected chi connectivity index (χ3v) is 2.54. The number of nitrogens with two attached hydrogens (primary N) is 1. The zero-order valence-electron chi connectivity index (χ0n) is 10.3. The van der Waals surface area contributed by atoms with Crippen molar-refractivity contribution >= 4 is 17.1 Å². The minimum absolute atomic E-state index is 0.0295. The predicted molar refractivity (Wildman–Crippen MR) is 71.6 cm³/mol. The van der Waals surface area contributed by atoms with Crippen LogP contribution in [0.5, 0.6) is 0 Å². The lowest BCUT2D eigenvalue weighted by Crippen LogP contribution is -2.05. The van der Waals surface area contributed by atoms with Gasteiger partial charge in [0.25, 0.3) is 5.69 Å². The molecule has 1 heterocycles. The summed E-state index contributed by atoms with van der Waals surface area (Å²) in [7, 11) is 0. The van der Waals surface area contributed by atoms with Gasteiger partial charge in [-0.1, -0.05) is 0 Å².